The number of ether oxygens (including phenoxy) is 1. The first-order chi connectivity index (χ1) is 11.2. The Morgan fingerprint density at radius 3 is 2.91 bits per heavy atom. The van der Waals surface area contributed by atoms with Crippen LogP contribution >= 0.6 is 11.6 Å². The summed E-state index contributed by atoms with van der Waals surface area (Å²) in [5, 5.41) is 4.59. The number of amides is 1. The Hall–Kier alpha value is -2.46. The molecule has 0 spiro atoms. The molecule has 0 aliphatic carbocycles. The summed E-state index contributed by atoms with van der Waals surface area (Å²) in [6.07, 6.45) is 2.68. The molecule has 1 heterocycles. The Kier molecular flexibility index (Phi) is 4.53. The number of carbonyl (C=O) groups excluding carboxylic acids is 1. The van der Waals surface area contributed by atoms with Gasteiger partial charge in [-0.25, -0.2) is 0 Å². The molecule has 1 aromatic heterocycles. The number of halogens is 1. The van der Waals surface area contributed by atoms with Crippen LogP contribution in [0.3, 0.4) is 0 Å². The molecule has 0 aliphatic rings. The second-order valence-corrected chi connectivity index (χ2v) is 5.69. The fraction of sp³-hybridized carbons (Fsp3) is 0.167. The zero-order valence-corrected chi connectivity index (χ0v) is 13.5. The monoisotopic (exact) mass is 328 g/mol. The molecule has 0 saturated carbocycles. The summed E-state index contributed by atoms with van der Waals surface area (Å²) in [4.78, 5) is 15.4. The fourth-order valence-corrected chi connectivity index (χ4v) is 2.70. The summed E-state index contributed by atoms with van der Waals surface area (Å²) in [5.74, 6) is 0.327. The number of carbonyl (C=O) groups is 1. The van der Waals surface area contributed by atoms with E-state index in [1.807, 2.05) is 18.3 Å². The molecule has 23 heavy (non-hydrogen) atoms. The zero-order chi connectivity index (χ0) is 16.2. The maximum absolute atomic E-state index is 12.3. The van der Waals surface area contributed by atoms with Crippen LogP contribution in [-0.4, -0.2) is 24.5 Å². The van der Waals surface area contributed by atoms with Gasteiger partial charge in [-0.15, -0.1) is 0 Å². The summed E-state index contributed by atoms with van der Waals surface area (Å²) in [6, 6.07) is 13.3. The molecule has 0 atom stereocenters. The van der Waals surface area contributed by atoms with Crippen molar-refractivity contribution in [2.24, 2.45) is 0 Å². The van der Waals surface area contributed by atoms with Crippen LogP contribution in [0.25, 0.3) is 10.9 Å². The lowest BCUT2D eigenvalue weighted by Gasteiger charge is -2.10. The van der Waals surface area contributed by atoms with Gasteiger partial charge in [-0.05, 0) is 53.8 Å². The van der Waals surface area contributed by atoms with Crippen molar-refractivity contribution in [2.75, 3.05) is 13.7 Å². The predicted octanol–water partition coefficient (Wildman–Crippen LogP) is 3.80. The third-order valence-electron chi connectivity index (χ3n) is 3.72. The van der Waals surface area contributed by atoms with Gasteiger partial charge in [-0.1, -0.05) is 17.7 Å². The number of nitrogens with one attached hydrogen (secondary N) is 2. The number of hydrogen-bond acceptors (Lipinski definition) is 2. The van der Waals surface area contributed by atoms with E-state index in [9.17, 15) is 4.79 Å². The molecule has 5 heteroatoms. The topological polar surface area (TPSA) is 54.1 Å². The molecule has 1 amide bonds. The molecule has 0 saturated heterocycles. The summed E-state index contributed by atoms with van der Waals surface area (Å²) in [7, 11) is 1.53. The van der Waals surface area contributed by atoms with E-state index < -0.39 is 0 Å². The van der Waals surface area contributed by atoms with Crippen molar-refractivity contribution in [3.63, 3.8) is 0 Å². The number of rotatable bonds is 5. The van der Waals surface area contributed by atoms with Crippen LogP contribution in [0.2, 0.25) is 5.02 Å². The van der Waals surface area contributed by atoms with Gasteiger partial charge in [-0.3, -0.25) is 4.79 Å². The molecule has 2 aromatic carbocycles. The van der Waals surface area contributed by atoms with Crippen LogP contribution in [0.1, 0.15) is 15.9 Å². The first kappa shape index (κ1) is 15.4. The third kappa shape index (κ3) is 3.48. The van der Waals surface area contributed by atoms with Crippen molar-refractivity contribution >= 4 is 28.4 Å². The van der Waals surface area contributed by atoms with Crippen molar-refractivity contribution in [3.8, 4) is 5.75 Å². The largest absolute Gasteiger partial charge is 0.496 e. The van der Waals surface area contributed by atoms with Crippen molar-refractivity contribution in [3.05, 3.63) is 64.8 Å². The van der Waals surface area contributed by atoms with E-state index in [1.54, 1.807) is 18.2 Å². The zero-order valence-electron chi connectivity index (χ0n) is 12.7. The van der Waals surface area contributed by atoms with Gasteiger partial charge in [0, 0.05) is 23.3 Å². The van der Waals surface area contributed by atoms with E-state index in [1.165, 1.54) is 18.1 Å². The highest BCUT2D eigenvalue weighted by Crippen LogP contribution is 2.22. The summed E-state index contributed by atoms with van der Waals surface area (Å²) < 4.78 is 5.20. The van der Waals surface area contributed by atoms with Crippen LogP contribution in [0.15, 0.2) is 48.7 Å². The molecule has 2 N–H and O–H groups in total. The van der Waals surface area contributed by atoms with Gasteiger partial charge in [0.15, 0.2) is 0 Å². The molecule has 0 aliphatic heterocycles. The van der Waals surface area contributed by atoms with E-state index in [2.05, 4.69) is 22.4 Å². The van der Waals surface area contributed by atoms with Gasteiger partial charge < -0.3 is 15.0 Å². The van der Waals surface area contributed by atoms with Crippen molar-refractivity contribution in [2.45, 2.75) is 6.42 Å². The van der Waals surface area contributed by atoms with Crippen LogP contribution in [0, 0.1) is 0 Å². The normalized spacial score (nSPS) is 10.7. The highest BCUT2D eigenvalue weighted by molar-refractivity contribution is 6.31. The minimum Gasteiger partial charge on any atom is -0.496 e. The Bertz CT molecular complexity index is 842. The summed E-state index contributed by atoms with van der Waals surface area (Å²) >= 11 is 5.95. The third-order valence-corrected chi connectivity index (χ3v) is 3.96. The van der Waals surface area contributed by atoms with Crippen LogP contribution in [0.5, 0.6) is 5.75 Å². The van der Waals surface area contributed by atoms with Crippen LogP contribution in [-0.2, 0) is 6.42 Å². The lowest BCUT2D eigenvalue weighted by molar-refractivity contribution is 0.0951. The number of aromatic nitrogens is 1. The van der Waals surface area contributed by atoms with E-state index in [4.69, 9.17) is 16.3 Å². The smallest absolute Gasteiger partial charge is 0.255 e. The maximum atomic E-state index is 12.3. The fourth-order valence-electron chi connectivity index (χ4n) is 2.53. The molecule has 0 unspecified atom stereocenters. The molecular formula is C18H17ClN2O2. The molecule has 3 aromatic rings. The standard InChI is InChI=1S/C18H17ClN2O2/c1-23-17-5-3-14(19)11-15(17)18(22)21-8-6-12-2-4-16-13(10-12)7-9-20-16/h2-5,7,9-11,20H,6,8H2,1H3,(H,21,22). The number of hydrogen-bond donors (Lipinski definition) is 2. The molecule has 118 valence electrons. The maximum Gasteiger partial charge on any atom is 0.255 e. The minimum atomic E-state index is -0.188. The number of H-pyrrole nitrogens is 1. The van der Waals surface area contributed by atoms with Crippen molar-refractivity contribution in [1.82, 2.24) is 10.3 Å². The molecule has 0 radical (unpaired) electrons. The first-order valence-corrected chi connectivity index (χ1v) is 7.73. The van der Waals surface area contributed by atoms with E-state index in [-0.39, 0.29) is 5.91 Å². The predicted molar refractivity (Wildman–Crippen MR) is 92.3 cm³/mol. The Balaban J connectivity index is 1.64. The van der Waals surface area contributed by atoms with Gasteiger partial charge in [0.25, 0.3) is 5.91 Å². The van der Waals surface area contributed by atoms with E-state index in [0.29, 0.717) is 22.9 Å². The second kappa shape index (κ2) is 6.75. The second-order valence-electron chi connectivity index (χ2n) is 5.25. The Labute approximate surface area is 139 Å². The molecule has 0 fully saturated rings. The summed E-state index contributed by atoms with van der Waals surface area (Å²) in [6.45, 7) is 0.546. The number of fused-ring (bicyclic) bond motifs is 1. The Morgan fingerprint density at radius 1 is 1.22 bits per heavy atom. The van der Waals surface area contributed by atoms with Crippen LogP contribution in [0.4, 0.5) is 0 Å². The average molecular weight is 329 g/mol. The highest BCUT2D eigenvalue weighted by Gasteiger charge is 2.12. The minimum absolute atomic E-state index is 0.188. The molecular weight excluding hydrogens is 312 g/mol. The van der Waals surface area contributed by atoms with Gasteiger partial charge in [0.1, 0.15) is 5.75 Å². The number of benzene rings is 2. The van der Waals surface area contributed by atoms with Gasteiger partial charge in [0.05, 0.1) is 12.7 Å². The molecule has 4 nitrogen and oxygen atoms in total. The highest BCUT2D eigenvalue weighted by atomic mass is 35.5. The van der Waals surface area contributed by atoms with Crippen LogP contribution < -0.4 is 10.1 Å². The summed E-state index contributed by atoms with van der Waals surface area (Å²) in [5.41, 5.74) is 2.73. The van der Waals surface area contributed by atoms with Gasteiger partial charge in [0.2, 0.25) is 0 Å². The quantitative estimate of drug-likeness (QED) is 0.748. The lowest BCUT2D eigenvalue weighted by atomic mass is 10.1. The first-order valence-electron chi connectivity index (χ1n) is 7.35. The average Bonchev–Trinajstić information content (AvgIpc) is 3.02. The Morgan fingerprint density at radius 2 is 2.09 bits per heavy atom. The molecule has 0 bridgehead atoms. The lowest BCUT2D eigenvalue weighted by Crippen LogP contribution is -2.26. The molecule has 3 rings (SSSR count). The van der Waals surface area contributed by atoms with Gasteiger partial charge in [-0.2, -0.15) is 0 Å². The SMILES string of the molecule is COc1ccc(Cl)cc1C(=O)NCCc1ccc2[nH]ccc2c1. The number of aromatic amines is 1. The van der Waals surface area contributed by atoms with E-state index in [0.717, 1.165) is 11.9 Å². The number of methoxy groups -OCH3 is 1. The van der Waals surface area contributed by atoms with Crippen molar-refractivity contribution < 1.29 is 9.53 Å². The van der Waals surface area contributed by atoms with Crippen molar-refractivity contribution in [1.29, 1.82) is 0 Å². The van der Waals surface area contributed by atoms with E-state index >= 15 is 0 Å². The van der Waals surface area contributed by atoms with Gasteiger partial charge >= 0.3 is 0 Å².